The largest absolute Gasteiger partial charge is 0.490 e. The molecule has 2 rings (SSSR count). The van der Waals surface area contributed by atoms with Crippen LogP contribution in [-0.4, -0.2) is 47.9 Å². The summed E-state index contributed by atoms with van der Waals surface area (Å²) in [4.78, 5) is 0. The van der Waals surface area contributed by atoms with Crippen molar-refractivity contribution in [3.05, 3.63) is 36.2 Å². The number of anilines is 1. The number of benzene rings is 1. The standard InChI is InChI=1S/C20H30N4O3S/c1-4-25-11-7-10-21-20(28)23-17-13-22-24(15-17)14-16-8-9-18(26-5-2)19(12-16)27-6-3/h8-9,12-13,15H,4-7,10-11,14H2,1-3H3,(H2,21,23,28). The van der Waals surface area contributed by atoms with Crippen molar-refractivity contribution in [2.75, 3.05) is 38.3 Å². The van der Waals surface area contributed by atoms with Crippen LogP contribution in [-0.2, 0) is 11.3 Å². The lowest BCUT2D eigenvalue weighted by atomic mass is 10.2. The van der Waals surface area contributed by atoms with Gasteiger partial charge in [0, 0.05) is 26.0 Å². The van der Waals surface area contributed by atoms with E-state index in [1.165, 1.54) is 0 Å². The van der Waals surface area contributed by atoms with E-state index in [1.807, 2.05) is 49.8 Å². The van der Waals surface area contributed by atoms with Crippen LogP contribution in [0, 0.1) is 0 Å². The molecule has 1 aromatic carbocycles. The van der Waals surface area contributed by atoms with Crippen molar-refractivity contribution in [1.82, 2.24) is 15.1 Å². The summed E-state index contributed by atoms with van der Waals surface area (Å²) in [5.41, 5.74) is 1.93. The molecule has 0 saturated heterocycles. The summed E-state index contributed by atoms with van der Waals surface area (Å²) in [5, 5.41) is 11.3. The van der Waals surface area contributed by atoms with Crippen LogP contribution in [0.15, 0.2) is 30.6 Å². The predicted molar refractivity (Wildman–Crippen MR) is 115 cm³/mol. The summed E-state index contributed by atoms with van der Waals surface area (Å²) < 4.78 is 18.5. The summed E-state index contributed by atoms with van der Waals surface area (Å²) >= 11 is 5.31. The molecule has 0 aliphatic rings. The van der Waals surface area contributed by atoms with Crippen molar-refractivity contribution in [2.24, 2.45) is 0 Å². The van der Waals surface area contributed by atoms with E-state index < -0.39 is 0 Å². The molecular weight excluding hydrogens is 376 g/mol. The number of aromatic nitrogens is 2. The third-order valence-corrected chi connectivity index (χ3v) is 4.05. The molecule has 2 aromatic rings. The minimum absolute atomic E-state index is 0.579. The zero-order valence-corrected chi connectivity index (χ0v) is 17.7. The first-order chi connectivity index (χ1) is 13.7. The molecule has 0 aliphatic heterocycles. The van der Waals surface area contributed by atoms with Crippen molar-refractivity contribution in [3.8, 4) is 11.5 Å². The van der Waals surface area contributed by atoms with Crippen molar-refractivity contribution >= 4 is 23.0 Å². The normalized spacial score (nSPS) is 10.5. The monoisotopic (exact) mass is 406 g/mol. The van der Waals surface area contributed by atoms with E-state index in [1.54, 1.807) is 6.20 Å². The molecule has 7 nitrogen and oxygen atoms in total. The van der Waals surface area contributed by atoms with Crippen LogP contribution in [0.4, 0.5) is 5.69 Å². The van der Waals surface area contributed by atoms with Gasteiger partial charge in [-0.15, -0.1) is 0 Å². The van der Waals surface area contributed by atoms with Gasteiger partial charge < -0.3 is 24.8 Å². The van der Waals surface area contributed by atoms with E-state index in [0.717, 1.165) is 48.9 Å². The number of nitrogens with zero attached hydrogens (tertiary/aromatic N) is 2. The summed E-state index contributed by atoms with van der Waals surface area (Å²) in [7, 11) is 0. The van der Waals surface area contributed by atoms with Gasteiger partial charge in [-0.1, -0.05) is 6.07 Å². The number of ether oxygens (including phenoxy) is 3. The average Bonchev–Trinajstić information content (AvgIpc) is 3.10. The quantitative estimate of drug-likeness (QED) is 0.413. The Balaban J connectivity index is 1.88. The van der Waals surface area contributed by atoms with E-state index in [9.17, 15) is 0 Å². The van der Waals surface area contributed by atoms with Crippen molar-refractivity contribution in [1.29, 1.82) is 0 Å². The number of hydrogen-bond acceptors (Lipinski definition) is 5. The van der Waals surface area contributed by atoms with Crippen LogP contribution in [0.3, 0.4) is 0 Å². The van der Waals surface area contributed by atoms with Crippen molar-refractivity contribution < 1.29 is 14.2 Å². The van der Waals surface area contributed by atoms with Crippen LogP contribution in [0.25, 0.3) is 0 Å². The Morgan fingerprint density at radius 1 is 1.11 bits per heavy atom. The van der Waals surface area contributed by atoms with Gasteiger partial charge >= 0.3 is 0 Å². The van der Waals surface area contributed by atoms with E-state index >= 15 is 0 Å². The second kappa shape index (κ2) is 12.2. The van der Waals surface area contributed by atoms with Crippen LogP contribution in [0.5, 0.6) is 11.5 Å². The molecule has 2 N–H and O–H groups in total. The van der Waals surface area contributed by atoms with Crippen LogP contribution < -0.4 is 20.1 Å². The first kappa shape index (κ1) is 22.0. The Labute approximate surface area is 172 Å². The summed E-state index contributed by atoms with van der Waals surface area (Å²) in [6.07, 6.45) is 4.59. The Kier molecular flexibility index (Phi) is 9.57. The second-order valence-electron chi connectivity index (χ2n) is 6.01. The van der Waals surface area contributed by atoms with E-state index in [4.69, 9.17) is 26.4 Å². The fourth-order valence-electron chi connectivity index (χ4n) is 2.59. The lowest BCUT2D eigenvalue weighted by Gasteiger charge is -2.12. The molecule has 1 aromatic heterocycles. The number of rotatable bonds is 12. The molecule has 28 heavy (non-hydrogen) atoms. The first-order valence-electron chi connectivity index (χ1n) is 9.69. The maximum atomic E-state index is 5.69. The SMILES string of the molecule is CCOCCCNC(=S)Nc1cnn(Cc2ccc(OCC)c(OCC)c2)c1. The molecule has 0 saturated carbocycles. The van der Waals surface area contributed by atoms with Gasteiger partial charge in [-0.3, -0.25) is 4.68 Å². The van der Waals surface area contributed by atoms with Gasteiger partial charge in [-0.25, -0.2) is 0 Å². The minimum Gasteiger partial charge on any atom is -0.490 e. The van der Waals surface area contributed by atoms with Crippen molar-refractivity contribution in [3.63, 3.8) is 0 Å². The third kappa shape index (κ3) is 7.36. The zero-order valence-electron chi connectivity index (χ0n) is 16.9. The highest BCUT2D eigenvalue weighted by atomic mass is 32.1. The molecule has 0 spiro atoms. The molecule has 0 bridgehead atoms. The molecule has 0 atom stereocenters. The Bertz CT molecular complexity index is 736. The molecule has 0 unspecified atom stereocenters. The van der Waals surface area contributed by atoms with E-state index in [0.29, 0.717) is 24.9 Å². The lowest BCUT2D eigenvalue weighted by molar-refractivity contribution is 0.146. The maximum absolute atomic E-state index is 5.69. The molecule has 0 amide bonds. The van der Waals surface area contributed by atoms with Gasteiger partial charge in [0.25, 0.3) is 0 Å². The fourth-order valence-corrected chi connectivity index (χ4v) is 2.81. The summed E-state index contributed by atoms with van der Waals surface area (Å²) in [6.45, 7) is 9.97. The first-order valence-corrected chi connectivity index (χ1v) is 10.1. The lowest BCUT2D eigenvalue weighted by Crippen LogP contribution is -2.29. The molecule has 154 valence electrons. The Morgan fingerprint density at radius 2 is 1.89 bits per heavy atom. The van der Waals surface area contributed by atoms with Crippen LogP contribution in [0.2, 0.25) is 0 Å². The highest BCUT2D eigenvalue weighted by molar-refractivity contribution is 7.80. The number of hydrogen-bond donors (Lipinski definition) is 2. The van der Waals surface area contributed by atoms with Gasteiger partial charge in [-0.2, -0.15) is 5.10 Å². The third-order valence-electron chi connectivity index (χ3n) is 3.80. The molecule has 0 fully saturated rings. The smallest absolute Gasteiger partial charge is 0.170 e. The van der Waals surface area contributed by atoms with Gasteiger partial charge in [-0.05, 0) is 57.1 Å². The molecule has 0 radical (unpaired) electrons. The Hall–Kier alpha value is -2.32. The maximum Gasteiger partial charge on any atom is 0.170 e. The number of thiocarbonyl (C=S) groups is 1. The average molecular weight is 407 g/mol. The second-order valence-corrected chi connectivity index (χ2v) is 6.41. The molecule has 0 aliphatic carbocycles. The van der Waals surface area contributed by atoms with Crippen LogP contribution in [0.1, 0.15) is 32.8 Å². The summed E-state index contributed by atoms with van der Waals surface area (Å²) in [5.74, 6) is 1.52. The Morgan fingerprint density at radius 3 is 2.64 bits per heavy atom. The minimum atomic E-state index is 0.579. The molecule has 8 heteroatoms. The van der Waals surface area contributed by atoms with Crippen LogP contribution >= 0.6 is 12.2 Å². The fraction of sp³-hybridized carbons (Fsp3) is 0.500. The molecular formula is C20H30N4O3S. The van der Waals surface area contributed by atoms with Gasteiger partial charge in [0.2, 0.25) is 0 Å². The van der Waals surface area contributed by atoms with Gasteiger partial charge in [0.15, 0.2) is 16.6 Å². The van der Waals surface area contributed by atoms with Gasteiger partial charge in [0.05, 0.1) is 31.6 Å². The topological polar surface area (TPSA) is 69.6 Å². The van der Waals surface area contributed by atoms with E-state index in [2.05, 4.69) is 15.7 Å². The predicted octanol–water partition coefficient (Wildman–Crippen LogP) is 3.44. The van der Waals surface area contributed by atoms with Gasteiger partial charge in [0.1, 0.15) is 0 Å². The van der Waals surface area contributed by atoms with E-state index in [-0.39, 0.29) is 0 Å². The molecule has 1 heterocycles. The highest BCUT2D eigenvalue weighted by Gasteiger charge is 2.08. The zero-order chi connectivity index (χ0) is 20.2. The highest BCUT2D eigenvalue weighted by Crippen LogP contribution is 2.28. The summed E-state index contributed by atoms with van der Waals surface area (Å²) in [6, 6.07) is 5.95. The van der Waals surface area contributed by atoms with Crippen molar-refractivity contribution in [2.45, 2.75) is 33.7 Å². The number of nitrogens with one attached hydrogen (secondary N) is 2.